The van der Waals surface area contributed by atoms with E-state index in [-0.39, 0.29) is 5.56 Å². The van der Waals surface area contributed by atoms with Crippen LogP contribution in [-0.4, -0.2) is 25.9 Å². The molecule has 0 heterocycles. The Morgan fingerprint density at radius 1 is 1.33 bits per heavy atom. The van der Waals surface area contributed by atoms with Crippen molar-refractivity contribution in [3.8, 4) is 11.5 Å². The largest absolute Gasteiger partial charge is 0.497 e. The second-order valence-electron chi connectivity index (χ2n) is 3.42. The number of aliphatic hydroxyl groups is 1. The van der Waals surface area contributed by atoms with Crippen LogP contribution < -0.4 is 9.47 Å². The molecule has 0 fully saturated rings. The second kappa shape index (κ2) is 4.49. The van der Waals surface area contributed by atoms with Crippen LogP contribution in [0.2, 0.25) is 0 Å². The van der Waals surface area contributed by atoms with E-state index in [1.165, 1.54) is 27.2 Å². The highest BCUT2D eigenvalue weighted by molar-refractivity contribution is 5.43. The molecule has 0 aliphatic heterocycles. The Morgan fingerprint density at radius 2 is 2.00 bits per heavy atom. The lowest BCUT2D eigenvalue weighted by molar-refractivity contribution is 0.0839. The first kappa shape index (κ1) is 11.8. The lowest BCUT2D eigenvalue weighted by atomic mass is 9.97. The normalized spacial score (nSPS) is 14.5. The first-order valence-corrected chi connectivity index (χ1v) is 4.57. The second-order valence-corrected chi connectivity index (χ2v) is 3.42. The first-order chi connectivity index (χ1) is 7.05. The zero-order valence-electron chi connectivity index (χ0n) is 9.08. The Morgan fingerprint density at radius 3 is 2.47 bits per heavy atom. The summed E-state index contributed by atoms with van der Waals surface area (Å²) in [6, 6.07) is 4.81. The molecule has 1 N–H and O–H groups in total. The maximum atomic E-state index is 13.9. The van der Waals surface area contributed by atoms with Gasteiger partial charge in [0.1, 0.15) is 11.5 Å². The number of benzene rings is 1. The van der Waals surface area contributed by atoms with E-state index in [4.69, 9.17) is 14.6 Å². The highest BCUT2D eigenvalue weighted by atomic mass is 19.1. The standard InChI is InChI=1S/C11H15FO3/c1-11(12,7-13)9-6-8(14-2)4-5-10(9)15-3/h4-6,13H,7H2,1-3H3. The number of halogens is 1. The maximum Gasteiger partial charge on any atom is 0.159 e. The smallest absolute Gasteiger partial charge is 0.159 e. The van der Waals surface area contributed by atoms with E-state index in [2.05, 4.69) is 0 Å². The third-order valence-electron chi connectivity index (χ3n) is 2.27. The molecule has 84 valence electrons. The van der Waals surface area contributed by atoms with E-state index in [9.17, 15) is 4.39 Å². The third kappa shape index (κ3) is 2.39. The van der Waals surface area contributed by atoms with Gasteiger partial charge >= 0.3 is 0 Å². The van der Waals surface area contributed by atoms with E-state index in [0.29, 0.717) is 11.5 Å². The van der Waals surface area contributed by atoms with Crippen molar-refractivity contribution in [1.82, 2.24) is 0 Å². The van der Waals surface area contributed by atoms with Crippen LogP contribution in [0, 0.1) is 0 Å². The minimum atomic E-state index is -1.83. The number of hydrogen-bond acceptors (Lipinski definition) is 3. The van der Waals surface area contributed by atoms with Crippen molar-refractivity contribution >= 4 is 0 Å². The lowest BCUT2D eigenvalue weighted by Gasteiger charge is -2.21. The molecule has 0 aliphatic rings. The molecule has 0 saturated heterocycles. The molecular formula is C11H15FO3. The van der Waals surface area contributed by atoms with Crippen LogP contribution in [-0.2, 0) is 5.67 Å². The predicted octanol–water partition coefficient (Wildman–Crippen LogP) is 1.88. The van der Waals surface area contributed by atoms with Gasteiger partial charge in [-0.05, 0) is 25.1 Å². The number of ether oxygens (including phenoxy) is 2. The van der Waals surface area contributed by atoms with Crippen LogP contribution >= 0.6 is 0 Å². The summed E-state index contributed by atoms with van der Waals surface area (Å²) in [5.41, 5.74) is -1.55. The van der Waals surface area contributed by atoms with E-state index in [1.54, 1.807) is 12.1 Å². The summed E-state index contributed by atoms with van der Waals surface area (Å²) in [6.45, 7) is 0.695. The number of methoxy groups -OCH3 is 2. The molecule has 0 aliphatic carbocycles. The van der Waals surface area contributed by atoms with Crippen LogP contribution in [0.1, 0.15) is 12.5 Å². The van der Waals surface area contributed by atoms with Gasteiger partial charge in [0, 0.05) is 5.56 Å². The Balaban J connectivity index is 3.23. The topological polar surface area (TPSA) is 38.7 Å². The number of hydrogen-bond donors (Lipinski definition) is 1. The van der Waals surface area contributed by atoms with Crippen LogP contribution in [0.15, 0.2) is 18.2 Å². The van der Waals surface area contributed by atoms with Gasteiger partial charge in [0.05, 0.1) is 20.8 Å². The van der Waals surface area contributed by atoms with Crippen molar-refractivity contribution in [1.29, 1.82) is 0 Å². The summed E-state index contributed by atoms with van der Waals surface area (Å²) in [5, 5.41) is 8.96. The summed E-state index contributed by atoms with van der Waals surface area (Å²) in [4.78, 5) is 0. The minimum Gasteiger partial charge on any atom is -0.497 e. The fourth-order valence-electron chi connectivity index (χ4n) is 1.31. The van der Waals surface area contributed by atoms with Gasteiger partial charge in [0.15, 0.2) is 5.67 Å². The molecule has 0 aromatic heterocycles. The lowest BCUT2D eigenvalue weighted by Crippen LogP contribution is -2.21. The highest BCUT2D eigenvalue weighted by Gasteiger charge is 2.29. The van der Waals surface area contributed by atoms with Crippen LogP contribution in [0.25, 0.3) is 0 Å². The molecule has 1 rings (SSSR count). The summed E-state index contributed by atoms with van der Waals surface area (Å²) < 4.78 is 23.9. The van der Waals surface area contributed by atoms with Crippen LogP contribution in [0.3, 0.4) is 0 Å². The van der Waals surface area contributed by atoms with Crippen molar-refractivity contribution in [3.05, 3.63) is 23.8 Å². The average molecular weight is 214 g/mol. The fourth-order valence-corrected chi connectivity index (χ4v) is 1.31. The van der Waals surface area contributed by atoms with Crippen molar-refractivity contribution in [2.24, 2.45) is 0 Å². The van der Waals surface area contributed by atoms with E-state index in [1.807, 2.05) is 0 Å². The van der Waals surface area contributed by atoms with Crippen LogP contribution in [0.5, 0.6) is 11.5 Å². The van der Waals surface area contributed by atoms with Crippen LogP contribution in [0.4, 0.5) is 4.39 Å². The average Bonchev–Trinajstić information content (AvgIpc) is 2.28. The van der Waals surface area contributed by atoms with Gasteiger partial charge in [-0.15, -0.1) is 0 Å². The van der Waals surface area contributed by atoms with Gasteiger partial charge < -0.3 is 14.6 Å². The van der Waals surface area contributed by atoms with Crippen molar-refractivity contribution < 1.29 is 19.0 Å². The maximum absolute atomic E-state index is 13.9. The molecule has 0 amide bonds. The van der Waals surface area contributed by atoms with Gasteiger partial charge in [0.2, 0.25) is 0 Å². The summed E-state index contributed by atoms with van der Waals surface area (Å²) in [6.07, 6.45) is 0. The molecule has 1 atom stereocenters. The van der Waals surface area contributed by atoms with Gasteiger partial charge in [-0.1, -0.05) is 0 Å². The first-order valence-electron chi connectivity index (χ1n) is 4.57. The molecule has 4 heteroatoms. The molecule has 1 aromatic rings. The molecule has 1 aromatic carbocycles. The number of alkyl halides is 1. The summed E-state index contributed by atoms with van der Waals surface area (Å²) >= 11 is 0. The zero-order valence-corrected chi connectivity index (χ0v) is 9.08. The van der Waals surface area contributed by atoms with E-state index in [0.717, 1.165) is 0 Å². The number of aliphatic hydroxyl groups excluding tert-OH is 1. The zero-order chi connectivity index (χ0) is 11.5. The Labute approximate surface area is 88.4 Å². The van der Waals surface area contributed by atoms with Crippen molar-refractivity contribution in [2.75, 3.05) is 20.8 Å². The van der Waals surface area contributed by atoms with E-state index < -0.39 is 12.3 Å². The molecule has 0 saturated carbocycles. The van der Waals surface area contributed by atoms with Gasteiger partial charge in [0.25, 0.3) is 0 Å². The van der Waals surface area contributed by atoms with Crippen molar-refractivity contribution in [2.45, 2.75) is 12.6 Å². The van der Waals surface area contributed by atoms with Gasteiger partial charge in [-0.25, -0.2) is 4.39 Å². The molecule has 0 spiro atoms. The monoisotopic (exact) mass is 214 g/mol. The van der Waals surface area contributed by atoms with Crippen molar-refractivity contribution in [3.63, 3.8) is 0 Å². The predicted molar refractivity (Wildman–Crippen MR) is 55.1 cm³/mol. The SMILES string of the molecule is COc1ccc(OC)c(C(C)(F)CO)c1. The highest BCUT2D eigenvalue weighted by Crippen LogP contribution is 2.35. The molecule has 15 heavy (non-hydrogen) atoms. The Kier molecular flexibility index (Phi) is 3.52. The van der Waals surface area contributed by atoms with Gasteiger partial charge in [-0.3, -0.25) is 0 Å². The quantitative estimate of drug-likeness (QED) is 0.831. The summed E-state index contributed by atoms with van der Waals surface area (Å²) in [5.74, 6) is 0.929. The molecule has 0 bridgehead atoms. The fraction of sp³-hybridized carbons (Fsp3) is 0.455. The third-order valence-corrected chi connectivity index (χ3v) is 2.27. The molecule has 3 nitrogen and oxygen atoms in total. The molecular weight excluding hydrogens is 199 g/mol. The molecule has 0 radical (unpaired) electrons. The van der Waals surface area contributed by atoms with Gasteiger partial charge in [-0.2, -0.15) is 0 Å². The van der Waals surface area contributed by atoms with E-state index >= 15 is 0 Å². The summed E-state index contributed by atoms with van der Waals surface area (Å²) in [7, 11) is 2.96. The molecule has 1 unspecified atom stereocenters. The number of rotatable bonds is 4. The Hall–Kier alpha value is -1.29. The Bertz CT molecular complexity index is 337. The minimum absolute atomic E-state index is 0.284.